The second-order valence-electron chi connectivity index (χ2n) is 4.72. The molecule has 106 valence electrons. The molecule has 1 aromatic carbocycles. The molecule has 0 fully saturated rings. The lowest BCUT2D eigenvalue weighted by Crippen LogP contribution is -2.18. The number of hydrogen-bond donors (Lipinski definition) is 1. The average Bonchev–Trinajstić information content (AvgIpc) is 2.48. The Morgan fingerprint density at radius 2 is 2.05 bits per heavy atom. The number of nitrogens with zero attached hydrogens (tertiary/aromatic N) is 2. The fourth-order valence-electron chi connectivity index (χ4n) is 2.15. The molecule has 0 aliphatic carbocycles. The van der Waals surface area contributed by atoms with E-state index in [2.05, 4.69) is 27.3 Å². The lowest BCUT2D eigenvalue weighted by molar-refractivity contribution is 0.409. The third-order valence-corrected chi connectivity index (χ3v) is 3.18. The smallest absolute Gasteiger partial charge is 0.128 e. The molecule has 0 amide bonds. The number of para-hydroxylation sites is 1. The highest BCUT2D eigenvalue weighted by Gasteiger charge is 2.08. The Hall–Kier alpha value is -2.07. The molecule has 0 saturated heterocycles. The maximum absolute atomic E-state index is 5.39. The second kappa shape index (κ2) is 6.91. The summed E-state index contributed by atoms with van der Waals surface area (Å²) in [6.07, 6.45) is 1.85. The van der Waals surface area contributed by atoms with E-state index in [1.807, 2.05) is 44.6 Å². The van der Waals surface area contributed by atoms with Crippen LogP contribution in [-0.4, -0.2) is 26.2 Å². The number of aromatic nitrogens is 1. The quantitative estimate of drug-likeness (QED) is 0.875. The van der Waals surface area contributed by atoms with E-state index >= 15 is 0 Å². The van der Waals surface area contributed by atoms with E-state index in [0.29, 0.717) is 0 Å². The van der Waals surface area contributed by atoms with E-state index in [-0.39, 0.29) is 0 Å². The van der Waals surface area contributed by atoms with Crippen molar-refractivity contribution in [1.29, 1.82) is 0 Å². The van der Waals surface area contributed by atoms with Crippen molar-refractivity contribution in [2.75, 3.05) is 26.1 Å². The van der Waals surface area contributed by atoms with Gasteiger partial charge >= 0.3 is 0 Å². The van der Waals surface area contributed by atoms with Gasteiger partial charge in [-0.15, -0.1) is 0 Å². The molecule has 1 aromatic heterocycles. The summed E-state index contributed by atoms with van der Waals surface area (Å²) in [6, 6.07) is 12.2. The summed E-state index contributed by atoms with van der Waals surface area (Å²) in [4.78, 5) is 6.55. The fraction of sp³-hybridized carbons (Fsp3) is 0.312. The predicted octanol–water partition coefficient (Wildman–Crippen LogP) is 2.45. The van der Waals surface area contributed by atoms with Crippen LogP contribution in [0.15, 0.2) is 42.6 Å². The summed E-state index contributed by atoms with van der Waals surface area (Å²) >= 11 is 0. The maximum Gasteiger partial charge on any atom is 0.128 e. The molecule has 0 spiro atoms. The van der Waals surface area contributed by atoms with Crippen molar-refractivity contribution in [3.8, 4) is 5.75 Å². The van der Waals surface area contributed by atoms with E-state index in [4.69, 9.17) is 4.74 Å². The van der Waals surface area contributed by atoms with Crippen molar-refractivity contribution in [3.05, 3.63) is 53.7 Å². The summed E-state index contributed by atoms with van der Waals surface area (Å²) < 4.78 is 5.39. The molecule has 1 heterocycles. The summed E-state index contributed by atoms with van der Waals surface area (Å²) in [6.45, 7) is 1.61. The first kappa shape index (κ1) is 14.3. The van der Waals surface area contributed by atoms with E-state index in [0.717, 1.165) is 30.2 Å². The van der Waals surface area contributed by atoms with Gasteiger partial charge in [-0.3, -0.25) is 0 Å². The third kappa shape index (κ3) is 3.48. The molecule has 0 saturated carbocycles. The molecule has 0 atom stereocenters. The Labute approximate surface area is 120 Å². The summed E-state index contributed by atoms with van der Waals surface area (Å²) in [5.41, 5.74) is 2.38. The first-order chi connectivity index (χ1) is 9.74. The lowest BCUT2D eigenvalue weighted by atomic mass is 10.2. The minimum absolute atomic E-state index is 0.764. The molecule has 20 heavy (non-hydrogen) atoms. The second-order valence-corrected chi connectivity index (χ2v) is 4.72. The molecular weight excluding hydrogens is 250 g/mol. The van der Waals surface area contributed by atoms with Crippen LogP contribution in [0.1, 0.15) is 11.1 Å². The zero-order valence-electron chi connectivity index (χ0n) is 12.3. The van der Waals surface area contributed by atoms with Crippen LogP contribution in [0.5, 0.6) is 5.75 Å². The average molecular weight is 271 g/mol. The normalized spacial score (nSPS) is 10.3. The number of pyridine rings is 1. The van der Waals surface area contributed by atoms with Gasteiger partial charge in [0.05, 0.1) is 7.11 Å². The van der Waals surface area contributed by atoms with Gasteiger partial charge in [-0.25, -0.2) is 4.98 Å². The molecule has 2 rings (SSSR count). The Bertz CT molecular complexity index is 557. The number of rotatable bonds is 6. The zero-order valence-corrected chi connectivity index (χ0v) is 12.3. The molecule has 4 heteroatoms. The van der Waals surface area contributed by atoms with E-state index in [9.17, 15) is 0 Å². The Balaban J connectivity index is 2.15. The fourth-order valence-corrected chi connectivity index (χ4v) is 2.15. The minimum Gasteiger partial charge on any atom is -0.496 e. The summed E-state index contributed by atoms with van der Waals surface area (Å²) in [7, 11) is 5.68. The van der Waals surface area contributed by atoms with Crippen LogP contribution in [0.25, 0.3) is 0 Å². The number of hydrogen-bond acceptors (Lipinski definition) is 4. The van der Waals surface area contributed by atoms with Gasteiger partial charge in [0.15, 0.2) is 0 Å². The largest absolute Gasteiger partial charge is 0.496 e. The lowest BCUT2D eigenvalue weighted by Gasteiger charge is -2.20. The molecule has 0 bridgehead atoms. The molecule has 2 aromatic rings. The predicted molar refractivity (Wildman–Crippen MR) is 82.1 cm³/mol. The van der Waals surface area contributed by atoms with E-state index < -0.39 is 0 Å². The molecule has 0 radical (unpaired) electrons. The number of anilines is 1. The first-order valence-corrected chi connectivity index (χ1v) is 6.67. The topological polar surface area (TPSA) is 37.4 Å². The number of benzene rings is 1. The van der Waals surface area contributed by atoms with Crippen molar-refractivity contribution in [2.24, 2.45) is 0 Å². The molecule has 4 nitrogen and oxygen atoms in total. The maximum atomic E-state index is 5.39. The highest BCUT2D eigenvalue weighted by molar-refractivity contribution is 5.43. The van der Waals surface area contributed by atoms with Gasteiger partial charge in [0.25, 0.3) is 0 Å². The van der Waals surface area contributed by atoms with Crippen LogP contribution >= 0.6 is 0 Å². The number of nitrogens with one attached hydrogen (secondary N) is 1. The van der Waals surface area contributed by atoms with Crippen LogP contribution in [-0.2, 0) is 13.1 Å². The monoisotopic (exact) mass is 271 g/mol. The van der Waals surface area contributed by atoms with Gasteiger partial charge < -0.3 is 15.0 Å². The third-order valence-electron chi connectivity index (χ3n) is 3.18. The van der Waals surface area contributed by atoms with Crippen molar-refractivity contribution in [2.45, 2.75) is 13.1 Å². The number of ether oxygens (including phenoxy) is 1. The van der Waals surface area contributed by atoms with Crippen LogP contribution < -0.4 is 15.0 Å². The van der Waals surface area contributed by atoms with E-state index in [1.54, 1.807) is 7.11 Å². The highest BCUT2D eigenvalue weighted by Crippen LogP contribution is 2.21. The van der Waals surface area contributed by atoms with Gasteiger partial charge in [-0.2, -0.15) is 0 Å². The first-order valence-electron chi connectivity index (χ1n) is 6.67. The molecule has 0 aliphatic rings. The van der Waals surface area contributed by atoms with Crippen molar-refractivity contribution in [3.63, 3.8) is 0 Å². The van der Waals surface area contributed by atoms with Crippen LogP contribution in [0.3, 0.4) is 0 Å². The minimum atomic E-state index is 0.764. The number of methoxy groups -OCH3 is 1. The summed E-state index contributed by atoms with van der Waals surface area (Å²) in [5, 5.41) is 3.15. The molecule has 1 N–H and O–H groups in total. The highest BCUT2D eigenvalue weighted by atomic mass is 16.5. The van der Waals surface area contributed by atoms with Crippen molar-refractivity contribution in [1.82, 2.24) is 10.3 Å². The molecule has 0 unspecified atom stereocenters. The van der Waals surface area contributed by atoms with Gasteiger partial charge in [-0.05, 0) is 30.8 Å². The van der Waals surface area contributed by atoms with Crippen LogP contribution in [0.2, 0.25) is 0 Å². The Morgan fingerprint density at radius 3 is 2.80 bits per heavy atom. The van der Waals surface area contributed by atoms with Gasteiger partial charge in [-0.1, -0.05) is 18.2 Å². The standard InChI is InChI=1S/C16H21N3O/c1-17-11-13-8-9-18-16(10-13)19(2)12-14-6-4-5-7-15(14)20-3/h4-10,17H,11-12H2,1-3H3. The van der Waals surface area contributed by atoms with Gasteiger partial charge in [0.1, 0.15) is 11.6 Å². The van der Waals surface area contributed by atoms with Gasteiger partial charge in [0, 0.05) is 31.9 Å². The molecule has 0 aliphatic heterocycles. The zero-order chi connectivity index (χ0) is 14.4. The van der Waals surface area contributed by atoms with Crippen molar-refractivity contribution >= 4 is 5.82 Å². The molecular formula is C16H21N3O. The summed E-state index contributed by atoms with van der Waals surface area (Å²) in [5.74, 6) is 1.87. The van der Waals surface area contributed by atoms with Crippen LogP contribution in [0.4, 0.5) is 5.82 Å². The van der Waals surface area contributed by atoms with E-state index in [1.165, 1.54) is 5.56 Å². The SMILES string of the molecule is CNCc1ccnc(N(C)Cc2ccccc2OC)c1. The Morgan fingerprint density at radius 1 is 1.25 bits per heavy atom. The van der Waals surface area contributed by atoms with Crippen LogP contribution in [0, 0.1) is 0 Å². The van der Waals surface area contributed by atoms with Gasteiger partial charge in [0.2, 0.25) is 0 Å². The Kier molecular flexibility index (Phi) is 4.96. The van der Waals surface area contributed by atoms with Crippen molar-refractivity contribution < 1.29 is 4.74 Å².